The van der Waals surface area contributed by atoms with E-state index in [2.05, 4.69) is 15.3 Å². The minimum absolute atomic E-state index is 0.249. The van der Waals surface area contributed by atoms with Gasteiger partial charge in [0.15, 0.2) is 0 Å². The highest BCUT2D eigenvalue weighted by molar-refractivity contribution is 8.26. The minimum Gasteiger partial charge on any atom is -0.497 e. The molecular weight excluding hydrogens is 396 g/mol. The predicted molar refractivity (Wildman–Crippen MR) is 113 cm³/mol. The van der Waals surface area contributed by atoms with Crippen LogP contribution in [-0.2, 0) is 16.0 Å². The molecule has 0 spiro atoms. The van der Waals surface area contributed by atoms with Crippen LogP contribution in [0.1, 0.15) is 18.2 Å². The van der Waals surface area contributed by atoms with Gasteiger partial charge in [0.2, 0.25) is 5.91 Å². The third-order valence-electron chi connectivity index (χ3n) is 4.25. The molecule has 1 saturated heterocycles. The standard InChI is InChI=1S/C19H20N4O3S2/c1-12(17(24)21-8-7-14-10-20-11-22-14)23-18(25)16(28-19(23)27)9-13-3-5-15(26-2)6-4-13/h3-6,9-12H,7-8H2,1-2H3,(H,20,22)(H,21,24)/b16-9-/t12-/m0/s1. The Morgan fingerprint density at radius 1 is 1.43 bits per heavy atom. The topological polar surface area (TPSA) is 87.3 Å². The van der Waals surface area contributed by atoms with E-state index in [1.807, 2.05) is 24.3 Å². The molecule has 3 rings (SSSR count). The van der Waals surface area contributed by atoms with Gasteiger partial charge in [0.25, 0.3) is 5.91 Å². The predicted octanol–water partition coefficient (Wildman–Crippen LogP) is 2.37. The average Bonchev–Trinajstić information content (AvgIpc) is 3.30. The summed E-state index contributed by atoms with van der Waals surface area (Å²) in [5.41, 5.74) is 1.79. The number of rotatable bonds is 7. The van der Waals surface area contributed by atoms with Gasteiger partial charge < -0.3 is 15.0 Å². The lowest BCUT2D eigenvalue weighted by Crippen LogP contribution is -2.47. The minimum atomic E-state index is -0.684. The van der Waals surface area contributed by atoms with Crippen LogP contribution in [0.25, 0.3) is 6.08 Å². The molecule has 1 aliphatic heterocycles. The number of aromatic nitrogens is 2. The molecule has 0 bridgehead atoms. The van der Waals surface area contributed by atoms with Crippen LogP contribution >= 0.6 is 24.0 Å². The molecule has 146 valence electrons. The number of methoxy groups -OCH3 is 1. The Kier molecular flexibility index (Phi) is 6.48. The highest BCUT2D eigenvalue weighted by Gasteiger charge is 2.38. The average molecular weight is 417 g/mol. The lowest BCUT2D eigenvalue weighted by Gasteiger charge is -2.22. The Balaban J connectivity index is 1.62. The number of thiocarbonyl (C=S) groups is 1. The summed E-state index contributed by atoms with van der Waals surface area (Å²) >= 11 is 6.54. The number of ether oxygens (including phenoxy) is 1. The van der Waals surface area contributed by atoms with Gasteiger partial charge in [0.05, 0.1) is 18.3 Å². The fraction of sp³-hybridized carbons (Fsp3) is 0.263. The van der Waals surface area contributed by atoms with Crippen molar-refractivity contribution in [2.45, 2.75) is 19.4 Å². The van der Waals surface area contributed by atoms with E-state index in [0.29, 0.717) is 22.2 Å². The van der Waals surface area contributed by atoms with Crippen molar-refractivity contribution in [2.24, 2.45) is 0 Å². The van der Waals surface area contributed by atoms with E-state index in [1.165, 1.54) is 16.7 Å². The maximum Gasteiger partial charge on any atom is 0.266 e. The Bertz CT molecular complexity index is 894. The number of amides is 2. The van der Waals surface area contributed by atoms with Gasteiger partial charge in [-0.05, 0) is 30.7 Å². The highest BCUT2D eigenvalue weighted by Crippen LogP contribution is 2.34. The second kappa shape index (κ2) is 9.03. The summed E-state index contributed by atoms with van der Waals surface area (Å²) in [6, 6.07) is 6.68. The fourth-order valence-corrected chi connectivity index (χ4v) is 4.09. The lowest BCUT2D eigenvalue weighted by molar-refractivity contribution is -0.132. The molecule has 2 aromatic rings. The molecule has 2 amide bonds. The summed E-state index contributed by atoms with van der Waals surface area (Å²) < 4.78 is 5.51. The largest absolute Gasteiger partial charge is 0.497 e. The van der Waals surface area contributed by atoms with Crippen LogP contribution in [0.2, 0.25) is 0 Å². The molecule has 1 aromatic heterocycles. The smallest absolute Gasteiger partial charge is 0.266 e. The molecule has 1 aliphatic rings. The van der Waals surface area contributed by atoms with Crippen LogP contribution in [0.4, 0.5) is 0 Å². The molecule has 1 atom stereocenters. The second-order valence-corrected chi connectivity index (χ2v) is 7.79. The zero-order valence-corrected chi connectivity index (χ0v) is 17.1. The van der Waals surface area contributed by atoms with E-state index in [-0.39, 0.29) is 11.8 Å². The van der Waals surface area contributed by atoms with Gasteiger partial charge in [-0.25, -0.2) is 4.98 Å². The van der Waals surface area contributed by atoms with Crippen LogP contribution < -0.4 is 10.1 Å². The Morgan fingerprint density at radius 3 is 2.82 bits per heavy atom. The molecule has 2 heterocycles. The number of carbonyl (C=O) groups is 2. The van der Waals surface area contributed by atoms with Gasteiger partial charge in [-0.3, -0.25) is 14.5 Å². The van der Waals surface area contributed by atoms with Gasteiger partial charge in [-0.1, -0.05) is 36.1 Å². The molecule has 7 nitrogen and oxygen atoms in total. The van der Waals surface area contributed by atoms with Gasteiger partial charge in [-0.15, -0.1) is 0 Å². The van der Waals surface area contributed by atoms with Crippen molar-refractivity contribution >= 4 is 46.2 Å². The van der Waals surface area contributed by atoms with Crippen molar-refractivity contribution in [1.82, 2.24) is 20.2 Å². The van der Waals surface area contributed by atoms with Crippen LogP contribution in [0.3, 0.4) is 0 Å². The normalized spacial score (nSPS) is 16.5. The summed E-state index contributed by atoms with van der Waals surface area (Å²) in [4.78, 5) is 34.0. The number of hydrogen-bond donors (Lipinski definition) is 2. The Morgan fingerprint density at radius 2 is 2.18 bits per heavy atom. The van der Waals surface area contributed by atoms with E-state index in [1.54, 1.807) is 32.6 Å². The van der Waals surface area contributed by atoms with E-state index >= 15 is 0 Å². The number of thioether (sulfide) groups is 1. The van der Waals surface area contributed by atoms with Gasteiger partial charge in [0, 0.05) is 24.9 Å². The van der Waals surface area contributed by atoms with E-state index in [4.69, 9.17) is 17.0 Å². The quantitative estimate of drug-likeness (QED) is 0.532. The lowest BCUT2D eigenvalue weighted by atomic mass is 10.2. The first-order chi connectivity index (χ1) is 13.5. The van der Waals surface area contributed by atoms with Crippen LogP contribution in [0.5, 0.6) is 5.75 Å². The molecular formula is C19H20N4O3S2. The van der Waals surface area contributed by atoms with Gasteiger partial charge in [0.1, 0.15) is 16.1 Å². The first-order valence-electron chi connectivity index (χ1n) is 8.65. The summed E-state index contributed by atoms with van der Waals surface area (Å²) in [7, 11) is 1.60. The van der Waals surface area contributed by atoms with Crippen molar-refractivity contribution in [1.29, 1.82) is 0 Å². The molecule has 1 fully saturated rings. The van der Waals surface area contributed by atoms with Crippen LogP contribution in [-0.4, -0.2) is 50.7 Å². The van der Waals surface area contributed by atoms with Crippen molar-refractivity contribution in [2.75, 3.05) is 13.7 Å². The first-order valence-corrected chi connectivity index (χ1v) is 9.88. The zero-order valence-electron chi connectivity index (χ0n) is 15.5. The molecule has 0 radical (unpaired) electrons. The maximum atomic E-state index is 12.8. The molecule has 28 heavy (non-hydrogen) atoms. The number of benzene rings is 1. The molecule has 9 heteroatoms. The van der Waals surface area contributed by atoms with Crippen LogP contribution in [0.15, 0.2) is 41.7 Å². The number of hydrogen-bond acceptors (Lipinski definition) is 6. The van der Waals surface area contributed by atoms with Crippen molar-refractivity contribution in [3.05, 3.63) is 53.0 Å². The monoisotopic (exact) mass is 416 g/mol. The maximum absolute atomic E-state index is 12.8. The number of H-pyrrole nitrogens is 1. The Hall–Kier alpha value is -2.65. The number of nitrogens with zero attached hydrogens (tertiary/aromatic N) is 2. The number of aromatic amines is 1. The van der Waals surface area contributed by atoms with Crippen LogP contribution in [0, 0.1) is 0 Å². The Labute approximate surface area is 172 Å². The highest BCUT2D eigenvalue weighted by atomic mass is 32.2. The SMILES string of the molecule is COc1ccc(/C=C2\SC(=S)N([C@@H](C)C(=O)NCCc3cnc[nH]3)C2=O)cc1. The summed E-state index contributed by atoms with van der Waals surface area (Å²) in [6.45, 7) is 2.12. The van der Waals surface area contributed by atoms with E-state index in [9.17, 15) is 9.59 Å². The summed E-state index contributed by atoms with van der Waals surface area (Å²) in [6.07, 6.45) is 5.70. The number of carbonyl (C=O) groups excluding carboxylic acids is 2. The van der Waals surface area contributed by atoms with Crippen molar-refractivity contribution < 1.29 is 14.3 Å². The van der Waals surface area contributed by atoms with Gasteiger partial charge in [-0.2, -0.15) is 0 Å². The summed E-state index contributed by atoms with van der Waals surface area (Å²) in [5, 5.41) is 2.83. The summed E-state index contributed by atoms with van der Waals surface area (Å²) in [5.74, 6) is 0.230. The molecule has 1 aromatic carbocycles. The van der Waals surface area contributed by atoms with Crippen molar-refractivity contribution in [3.63, 3.8) is 0 Å². The van der Waals surface area contributed by atoms with E-state index < -0.39 is 6.04 Å². The second-order valence-electron chi connectivity index (χ2n) is 6.12. The third kappa shape index (κ3) is 4.60. The zero-order chi connectivity index (χ0) is 20.1. The first kappa shape index (κ1) is 20.1. The van der Waals surface area contributed by atoms with Gasteiger partial charge >= 0.3 is 0 Å². The molecule has 2 N–H and O–H groups in total. The number of imidazole rings is 1. The molecule has 0 unspecified atom stereocenters. The third-order valence-corrected chi connectivity index (χ3v) is 5.58. The molecule has 0 saturated carbocycles. The number of nitrogens with one attached hydrogen (secondary N) is 2. The fourth-order valence-electron chi connectivity index (χ4n) is 2.67. The molecule has 0 aliphatic carbocycles. The van der Waals surface area contributed by atoms with Crippen molar-refractivity contribution in [3.8, 4) is 5.75 Å². The van der Waals surface area contributed by atoms with E-state index in [0.717, 1.165) is 17.0 Å².